The van der Waals surface area contributed by atoms with Crippen molar-refractivity contribution >= 4 is 28.3 Å². The Morgan fingerprint density at radius 3 is 2.70 bits per heavy atom. The third-order valence-corrected chi connectivity index (χ3v) is 6.37. The van der Waals surface area contributed by atoms with E-state index in [1.165, 1.54) is 0 Å². The SMILES string of the molecule is Cc1nc2ccccc2nc1-c1cc2nc(N3CC[C@H](F)C3)cc(N[C@H]3CCCOC3)n2n1. The quantitative estimate of drug-likeness (QED) is 0.510. The number of halogens is 1. The van der Waals surface area contributed by atoms with Crippen LogP contribution in [0, 0.1) is 6.92 Å². The number of ether oxygens (including phenoxy) is 1. The fraction of sp³-hybridized carbons (Fsp3) is 0.417. The summed E-state index contributed by atoms with van der Waals surface area (Å²) < 4.78 is 21.4. The Balaban J connectivity index is 1.45. The van der Waals surface area contributed by atoms with E-state index in [4.69, 9.17) is 24.8 Å². The van der Waals surface area contributed by atoms with Crippen LogP contribution in [0.5, 0.6) is 0 Å². The number of hydrogen-bond donors (Lipinski definition) is 1. The summed E-state index contributed by atoms with van der Waals surface area (Å²) >= 11 is 0. The molecule has 9 heteroatoms. The Morgan fingerprint density at radius 2 is 1.94 bits per heavy atom. The normalized spacial score (nSPS) is 21.2. The van der Waals surface area contributed by atoms with E-state index in [1.54, 1.807) is 0 Å². The molecule has 2 aliphatic rings. The second-order valence-corrected chi connectivity index (χ2v) is 8.84. The van der Waals surface area contributed by atoms with Gasteiger partial charge in [-0.25, -0.2) is 19.3 Å². The van der Waals surface area contributed by atoms with Crippen molar-refractivity contribution in [2.75, 3.05) is 36.5 Å². The molecule has 2 atom stereocenters. The van der Waals surface area contributed by atoms with Crippen molar-refractivity contribution in [3.63, 3.8) is 0 Å². The number of para-hydroxylation sites is 2. The monoisotopic (exact) mass is 447 g/mol. The van der Waals surface area contributed by atoms with E-state index in [0.29, 0.717) is 37.5 Å². The van der Waals surface area contributed by atoms with E-state index < -0.39 is 6.17 Å². The molecule has 0 spiro atoms. The first-order valence-electron chi connectivity index (χ1n) is 11.5. The summed E-state index contributed by atoms with van der Waals surface area (Å²) in [7, 11) is 0. The maximum atomic E-state index is 13.9. The highest BCUT2D eigenvalue weighted by Crippen LogP contribution is 2.29. The Morgan fingerprint density at radius 1 is 1.09 bits per heavy atom. The number of alkyl halides is 1. The molecule has 4 aromatic rings. The Bertz CT molecular complexity index is 1320. The van der Waals surface area contributed by atoms with Crippen molar-refractivity contribution in [1.29, 1.82) is 0 Å². The van der Waals surface area contributed by atoms with Crippen molar-refractivity contribution in [2.24, 2.45) is 0 Å². The molecular weight excluding hydrogens is 421 g/mol. The van der Waals surface area contributed by atoms with Gasteiger partial charge in [-0.15, -0.1) is 0 Å². The van der Waals surface area contributed by atoms with Crippen LogP contribution in [0.2, 0.25) is 0 Å². The highest BCUT2D eigenvalue weighted by atomic mass is 19.1. The third kappa shape index (κ3) is 3.86. The fourth-order valence-corrected chi connectivity index (χ4v) is 4.66. The molecule has 170 valence electrons. The average molecular weight is 448 g/mol. The van der Waals surface area contributed by atoms with Crippen LogP contribution in [0.15, 0.2) is 36.4 Å². The summed E-state index contributed by atoms with van der Waals surface area (Å²) in [4.78, 5) is 16.4. The molecule has 0 radical (unpaired) electrons. The summed E-state index contributed by atoms with van der Waals surface area (Å²) in [5, 5.41) is 8.44. The molecule has 3 aromatic heterocycles. The van der Waals surface area contributed by atoms with E-state index in [-0.39, 0.29) is 6.04 Å². The topological polar surface area (TPSA) is 80.5 Å². The molecule has 5 heterocycles. The van der Waals surface area contributed by atoms with Crippen LogP contribution >= 0.6 is 0 Å². The smallest absolute Gasteiger partial charge is 0.160 e. The summed E-state index contributed by atoms with van der Waals surface area (Å²) in [6.45, 7) is 4.42. The second-order valence-electron chi connectivity index (χ2n) is 8.84. The predicted molar refractivity (Wildman–Crippen MR) is 125 cm³/mol. The molecule has 2 aliphatic heterocycles. The molecule has 8 nitrogen and oxygen atoms in total. The zero-order chi connectivity index (χ0) is 22.4. The van der Waals surface area contributed by atoms with Gasteiger partial charge in [0.25, 0.3) is 0 Å². The number of anilines is 2. The third-order valence-electron chi connectivity index (χ3n) is 6.37. The minimum atomic E-state index is -0.817. The molecule has 2 saturated heterocycles. The van der Waals surface area contributed by atoms with E-state index in [1.807, 2.05) is 52.7 Å². The lowest BCUT2D eigenvalue weighted by molar-refractivity contribution is 0.0874. The molecule has 0 aliphatic carbocycles. The molecule has 0 unspecified atom stereocenters. The Hall–Kier alpha value is -3.33. The molecule has 1 N–H and O–H groups in total. The predicted octanol–water partition coefficient (Wildman–Crippen LogP) is 3.79. The van der Waals surface area contributed by atoms with E-state index >= 15 is 0 Å². The lowest BCUT2D eigenvalue weighted by atomic mass is 10.1. The van der Waals surface area contributed by atoms with Crippen LogP contribution in [-0.2, 0) is 4.74 Å². The first kappa shape index (κ1) is 20.3. The van der Waals surface area contributed by atoms with Crippen molar-refractivity contribution < 1.29 is 9.13 Å². The lowest BCUT2D eigenvalue weighted by Gasteiger charge is -2.25. The number of aryl methyl sites for hydroxylation is 1. The van der Waals surface area contributed by atoms with Crippen molar-refractivity contribution in [3.8, 4) is 11.4 Å². The van der Waals surface area contributed by atoms with Crippen LogP contribution in [0.3, 0.4) is 0 Å². The highest BCUT2D eigenvalue weighted by Gasteiger charge is 2.25. The molecular formula is C24H26FN7O. The van der Waals surface area contributed by atoms with Gasteiger partial charge in [-0.3, -0.25) is 0 Å². The molecule has 2 fully saturated rings. The van der Waals surface area contributed by atoms with Crippen molar-refractivity contribution in [2.45, 2.75) is 38.4 Å². The van der Waals surface area contributed by atoms with Gasteiger partial charge in [-0.2, -0.15) is 9.61 Å². The zero-order valence-corrected chi connectivity index (χ0v) is 18.5. The average Bonchev–Trinajstić information content (AvgIpc) is 3.45. The molecule has 1 aromatic carbocycles. The van der Waals surface area contributed by atoms with Gasteiger partial charge in [0.1, 0.15) is 29.2 Å². The second kappa shape index (κ2) is 8.22. The molecule has 0 saturated carbocycles. The van der Waals surface area contributed by atoms with Crippen molar-refractivity contribution in [1.82, 2.24) is 24.6 Å². The number of fused-ring (bicyclic) bond motifs is 2. The molecule has 33 heavy (non-hydrogen) atoms. The van der Waals surface area contributed by atoms with Gasteiger partial charge in [0.05, 0.1) is 35.9 Å². The summed E-state index contributed by atoms with van der Waals surface area (Å²) in [5.41, 5.74) is 4.64. The minimum Gasteiger partial charge on any atom is -0.379 e. The van der Waals surface area contributed by atoms with Gasteiger partial charge in [0.2, 0.25) is 0 Å². The minimum absolute atomic E-state index is 0.194. The number of rotatable bonds is 4. The molecule has 0 bridgehead atoms. The Kier molecular flexibility index (Phi) is 5.05. The van der Waals surface area contributed by atoms with E-state index in [0.717, 1.165) is 53.5 Å². The first-order chi connectivity index (χ1) is 16.1. The number of hydrogen-bond acceptors (Lipinski definition) is 7. The van der Waals surface area contributed by atoms with Crippen LogP contribution in [0.4, 0.5) is 16.0 Å². The highest BCUT2D eigenvalue weighted by molar-refractivity contribution is 5.78. The van der Waals surface area contributed by atoms with Gasteiger partial charge in [-0.05, 0) is 38.3 Å². The van der Waals surface area contributed by atoms with Crippen LogP contribution < -0.4 is 10.2 Å². The van der Waals surface area contributed by atoms with E-state index in [2.05, 4.69) is 5.32 Å². The van der Waals surface area contributed by atoms with Crippen LogP contribution in [0.25, 0.3) is 28.1 Å². The van der Waals surface area contributed by atoms with Gasteiger partial charge in [0.15, 0.2) is 5.65 Å². The van der Waals surface area contributed by atoms with Crippen LogP contribution in [-0.4, -0.2) is 63.1 Å². The number of benzene rings is 1. The summed E-state index contributed by atoms with van der Waals surface area (Å²) in [5.74, 6) is 1.58. The molecule has 6 rings (SSSR count). The maximum absolute atomic E-state index is 13.9. The van der Waals surface area contributed by atoms with Gasteiger partial charge in [-0.1, -0.05) is 12.1 Å². The Labute approximate surface area is 190 Å². The van der Waals surface area contributed by atoms with E-state index in [9.17, 15) is 4.39 Å². The lowest BCUT2D eigenvalue weighted by Crippen LogP contribution is -2.31. The van der Waals surface area contributed by atoms with Gasteiger partial charge < -0.3 is 15.0 Å². The summed E-state index contributed by atoms with van der Waals surface area (Å²) in [6, 6.07) is 11.9. The first-order valence-corrected chi connectivity index (χ1v) is 11.5. The zero-order valence-electron chi connectivity index (χ0n) is 18.5. The summed E-state index contributed by atoms with van der Waals surface area (Å²) in [6.07, 6.45) is 1.76. The maximum Gasteiger partial charge on any atom is 0.160 e. The largest absolute Gasteiger partial charge is 0.379 e. The number of nitrogens with one attached hydrogen (secondary N) is 1. The number of nitrogens with zero attached hydrogens (tertiary/aromatic N) is 6. The van der Waals surface area contributed by atoms with Crippen LogP contribution in [0.1, 0.15) is 25.0 Å². The van der Waals surface area contributed by atoms with Gasteiger partial charge in [0, 0.05) is 25.3 Å². The van der Waals surface area contributed by atoms with Gasteiger partial charge >= 0.3 is 0 Å². The number of aromatic nitrogens is 5. The standard InChI is InChI=1S/C24H26FN7O/c1-15-24(28-19-7-3-2-6-18(19)26-15)20-11-22-29-21(31-9-8-16(25)13-31)12-23(32(22)30-20)27-17-5-4-10-33-14-17/h2-3,6-7,11-12,16-17,27H,4-5,8-10,13-14H2,1H3/t16-,17-/m0/s1. The van der Waals surface area contributed by atoms with Crippen molar-refractivity contribution in [3.05, 3.63) is 42.1 Å². The fourth-order valence-electron chi connectivity index (χ4n) is 4.66. The molecule has 0 amide bonds.